The van der Waals surface area contributed by atoms with Crippen molar-refractivity contribution in [1.82, 2.24) is 9.62 Å². The van der Waals surface area contributed by atoms with Gasteiger partial charge >= 0.3 is 0 Å². The third kappa shape index (κ3) is 4.43. The molecular weight excluding hydrogens is 418 g/mol. The number of fused-ring (bicyclic) bond motifs is 1. The molecule has 1 saturated carbocycles. The number of nitrogens with one attached hydrogen (secondary N) is 2. The highest BCUT2D eigenvalue weighted by Gasteiger charge is 2.35. The fourth-order valence-corrected chi connectivity index (χ4v) is 6.41. The fraction of sp³-hybridized carbons (Fsp3) is 0.636. The minimum Gasteiger partial charge on any atom is -0.478 e. The summed E-state index contributed by atoms with van der Waals surface area (Å²) in [4.78, 5) is 24.8. The van der Waals surface area contributed by atoms with E-state index in [4.69, 9.17) is 4.74 Å². The van der Waals surface area contributed by atoms with Gasteiger partial charge in [0.2, 0.25) is 15.9 Å². The summed E-state index contributed by atoms with van der Waals surface area (Å²) in [6, 6.07) is 3.44. The van der Waals surface area contributed by atoms with Gasteiger partial charge in [-0.15, -0.1) is 0 Å². The normalized spacial score (nSPS) is 23.2. The molecule has 2 aliphatic heterocycles. The first kappa shape index (κ1) is 22.1. The number of carbonyl (C=O) groups excluding carboxylic acids is 2. The molecule has 1 saturated heterocycles. The van der Waals surface area contributed by atoms with Gasteiger partial charge in [0.25, 0.3) is 5.91 Å². The van der Waals surface area contributed by atoms with Crippen molar-refractivity contribution in [2.24, 2.45) is 5.92 Å². The lowest BCUT2D eigenvalue weighted by Crippen LogP contribution is -2.45. The predicted octanol–water partition coefficient (Wildman–Crippen LogP) is 2.56. The molecule has 0 bridgehead atoms. The maximum atomic E-state index is 13.3. The quantitative estimate of drug-likeness (QED) is 0.719. The first-order valence-corrected chi connectivity index (χ1v) is 12.7. The second-order valence-electron chi connectivity index (χ2n) is 8.79. The van der Waals surface area contributed by atoms with Gasteiger partial charge in [-0.05, 0) is 50.7 Å². The highest BCUT2D eigenvalue weighted by Crippen LogP contribution is 2.36. The number of ether oxygens (including phenoxy) is 1. The first-order chi connectivity index (χ1) is 14.8. The summed E-state index contributed by atoms with van der Waals surface area (Å²) in [5, 5.41) is 5.92. The van der Waals surface area contributed by atoms with Gasteiger partial charge in [-0.1, -0.05) is 19.8 Å². The van der Waals surface area contributed by atoms with Crippen LogP contribution in [-0.4, -0.2) is 49.8 Å². The number of anilines is 1. The van der Waals surface area contributed by atoms with Gasteiger partial charge < -0.3 is 15.4 Å². The van der Waals surface area contributed by atoms with Crippen LogP contribution < -0.4 is 15.4 Å². The van der Waals surface area contributed by atoms with Gasteiger partial charge in [-0.2, -0.15) is 4.31 Å². The number of hydrogen-bond donors (Lipinski definition) is 2. The Morgan fingerprint density at radius 3 is 2.52 bits per heavy atom. The molecular formula is C22H31N3O5S. The Balaban J connectivity index is 1.46. The van der Waals surface area contributed by atoms with Crippen molar-refractivity contribution < 1.29 is 22.7 Å². The van der Waals surface area contributed by atoms with Crippen molar-refractivity contribution in [3.63, 3.8) is 0 Å². The zero-order valence-corrected chi connectivity index (χ0v) is 19.0. The molecule has 1 aliphatic carbocycles. The maximum Gasteiger partial charge on any atom is 0.265 e. The molecule has 1 aromatic carbocycles. The molecule has 0 radical (unpaired) electrons. The van der Waals surface area contributed by atoms with Gasteiger partial charge in [-0.3, -0.25) is 9.59 Å². The van der Waals surface area contributed by atoms with E-state index in [2.05, 4.69) is 10.6 Å². The highest BCUT2D eigenvalue weighted by atomic mass is 32.2. The third-order valence-corrected chi connectivity index (χ3v) is 8.65. The Bertz CT molecular complexity index is 964. The summed E-state index contributed by atoms with van der Waals surface area (Å²) in [6.07, 6.45) is 5.31. The number of hydrogen-bond acceptors (Lipinski definition) is 5. The number of benzene rings is 1. The molecule has 1 atom stereocenters. The summed E-state index contributed by atoms with van der Waals surface area (Å²) in [6.45, 7) is 4.19. The largest absolute Gasteiger partial charge is 0.478 e. The van der Waals surface area contributed by atoms with E-state index in [0.717, 1.165) is 25.7 Å². The van der Waals surface area contributed by atoms with Gasteiger partial charge in [0.05, 0.1) is 10.6 Å². The van der Waals surface area contributed by atoms with E-state index in [1.54, 1.807) is 13.0 Å². The van der Waals surface area contributed by atoms with Crippen molar-refractivity contribution in [2.45, 2.75) is 75.8 Å². The lowest BCUT2D eigenvalue weighted by atomic mass is 9.97. The summed E-state index contributed by atoms with van der Waals surface area (Å²) in [7, 11) is -3.73. The summed E-state index contributed by atoms with van der Waals surface area (Å²) >= 11 is 0. The SMILES string of the molecule is CC[C@H]1Oc2cc(S(=O)(=O)N3CCC(C(=O)NC4CCCC4)CC3)c(C)cc2NC1=O. The minimum atomic E-state index is -3.73. The molecule has 170 valence electrons. The number of aryl methyl sites for hydroxylation is 1. The molecule has 0 unspecified atom stereocenters. The molecule has 3 aliphatic rings. The van der Waals surface area contributed by atoms with Crippen LogP contribution in [0, 0.1) is 12.8 Å². The Morgan fingerprint density at radius 1 is 1.19 bits per heavy atom. The monoisotopic (exact) mass is 449 g/mol. The van der Waals surface area contributed by atoms with E-state index in [9.17, 15) is 18.0 Å². The molecule has 9 heteroatoms. The van der Waals surface area contributed by atoms with Crippen LogP contribution in [0.3, 0.4) is 0 Å². The van der Waals surface area contributed by atoms with E-state index in [0.29, 0.717) is 49.4 Å². The molecule has 1 aromatic rings. The van der Waals surface area contributed by atoms with Crippen molar-refractivity contribution in [1.29, 1.82) is 0 Å². The predicted molar refractivity (Wildman–Crippen MR) is 116 cm³/mol. The van der Waals surface area contributed by atoms with Gasteiger partial charge in [0, 0.05) is 31.1 Å². The van der Waals surface area contributed by atoms with Crippen LogP contribution in [0.5, 0.6) is 5.75 Å². The van der Waals surface area contributed by atoms with Crippen molar-refractivity contribution in [2.75, 3.05) is 18.4 Å². The Labute approximate surface area is 183 Å². The highest BCUT2D eigenvalue weighted by molar-refractivity contribution is 7.89. The van der Waals surface area contributed by atoms with Crippen molar-refractivity contribution >= 4 is 27.5 Å². The number of rotatable bonds is 5. The molecule has 2 fully saturated rings. The van der Waals surface area contributed by atoms with Crippen molar-refractivity contribution in [3.8, 4) is 5.75 Å². The maximum absolute atomic E-state index is 13.3. The van der Waals surface area contributed by atoms with Gasteiger partial charge in [0.15, 0.2) is 6.10 Å². The number of nitrogens with zero attached hydrogens (tertiary/aromatic N) is 1. The van der Waals surface area contributed by atoms with E-state index < -0.39 is 16.1 Å². The van der Waals surface area contributed by atoms with Crippen LogP contribution in [0.2, 0.25) is 0 Å². The van der Waals surface area contributed by atoms with Crippen LogP contribution in [0.4, 0.5) is 5.69 Å². The summed E-state index contributed by atoms with van der Waals surface area (Å²) in [5.74, 6) is 0.0774. The van der Waals surface area contributed by atoms with E-state index in [-0.39, 0.29) is 28.7 Å². The van der Waals surface area contributed by atoms with Crippen LogP contribution in [0.15, 0.2) is 17.0 Å². The second kappa shape index (κ2) is 8.78. The number of sulfonamides is 1. The molecule has 0 aromatic heterocycles. The number of amides is 2. The second-order valence-corrected chi connectivity index (χ2v) is 10.7. The number of carbonyl (C=O) groups is 2. The van der Waals surface area contributed by atoms with Crippen LogP contribution in [0.25, 0.3) is 0 Å². The lowest BCUT2D eigenvalue weighted by molar-refractivity contribution is -0.127. The summed E-state index contributed by atoms with van der Waals surface area (Å²) < 4.78 is 33.9. The minimum absolute atomic E-state index is 0.0589. The molecule has 2 N–H and O–H groups in total. The fourth-order valence-electron chi connectivity index (χ4n) is 4.72. The first-order valence-electron chi connectivity index (χ1n) is 11.2. The van der Waals surface area contributed by atoms with Crippen LogP contribution in [-0.2, 0) is 19.6 Å². The van der Waals surface area contributed by atoms with Crippen LogP contribution in [0.1, 0.15) is 57.4 Å². The molecule has 0 spiro atoms. The van der Waals surface area contributed by atoms with E-state index in [1.165, 1.54) is 10.4 Å². The third-order valence-electron chi connectivity index (χ3n) is 6.61. The van der Waals surface area contributed by atoms with E-state index in [1.807, 2.05) is 6.92 Å². The Kier molecular flexibility index (Phi) is 6.25. The Hall–Kier alpha value is -2.13. The molecule has 31 heavy (non-hydrogen) atoms. The summed E-state index contributed by atoms with van der Waals surface area (Å²) in [5.41, 5.74) is 1.05. The van der Waals surface area contributed by atoms with Crippen LogP contribution >= 0.6 is 0 Å². The molecule has 2 amide bonds. The number of piperidine rings is 1. The molecule has 4 rings (SSSR count). The van der Waals surface area contributed by atoms with Gasteiger partial charge in [-0.25, -0.2) is 8.42 Å². The average Bonchev–Trinajstić information content (AvgIpc) is 3.26. The standard InChI is InChI=1S/C22H31N3O5S/c1-3-18-22(27)24-17-12-14(2)20(13-19(17)30-18)31(28,29)25-10-8-15(9-11-25)21(26)23-16-6-4-5-7-16/h12-13,15-16,18H,3-11H2,1-2H3,(H,23,26)(H,24,27)/t18-/m1/s1. The molecule has 2 heterocycles. The lowest BCUT2D eigenvalue weighted by Gasteiger charge is -2.32. The Morgan fingerprint density at radius 2 is 1.87 bits per heavy atom. The zero-order valence-electron chi connectivity index (χ0n) is 18.1. The molecule has 8 nitrogen and oxygen atoms in total. The van der Waals surface area contributed by atoms with Gasteiger partial charge in [0.1, 0.15) is 5.75 Å². The topological polar surface area (TPSA) is 105 Å². The van der Waals surface area contributed by atoms with E-state index >= 15 is 0 Å². The smallest absolute Gasteiger partial charge is 0.265 e. The average molecular weight is 450 g/mol. The zero-order chi connectivity index (χ0) is 22.2. The van der Waals surface area contributed by atoms with Crippen molar-refractivity contribution in [3.05, 3.63) is 17.7 Å².